The topological polar surface area (TPSA) is 108 Å². The van der Waals surface area contributed by atoms with Gasteiger partial charge in [-0.3, -0.25) is 4.79 Å². The largest absolute Gasteiger partial charge is 0.468 e. The molecule has 0 aromatic heterocycles. The Labute approximate surface area is 101 Å². The number of sulfonamides is 1. The van der Waals surface area contributed by atoms with Gasteiger partial charge in [-0.25, -0.2) is 13.1 Å². The van der Waals surface area contributed by atoms with Crippen LogP contribution in [0.3, 0.4) is 0 Å². The maximum absolute atomic E-state index is 11.6. The van der Waals surface area contributed by atoms with Crippen molar-refractivity contribution < 1.29 is 22.7 Å². The lowest BCUT2D eigenvalue weighted by Gasteiger charge is -2.42. The van der Waals surface area contributed by atoms with Crippen molar-refractivity contribution in [1.82, 2.24) is 4.72 Å². The molecule has 0 aromatic rings. The van der Waals surface area contributed by atoms with Crippen molar-refractivity contribution in [1.29, 1.82) is 0 Å². The number of carbonyl (C=O) groups is 1. The normalized spacial score (nSPS) is 28.5. The van der Waals surface area contributed by atoms with Crippen LogP contribution in [0.2, 0.25) is 0 Å². The summed E-state index contributed by atoms with van der Waals surface area (Å²) in [5, 5.41) is 0. The highest BCUT2D eigenvalue weighted by atomic mass is 32.2. The smallest absolute Gasteiger partial charge is 0.322 e. The van der Waals surface area contributed by atoms with Gasteiger partial charge in [-0.15, -0.1) is 0 Å². The second kappa shape index (κ2) is 5.76. The number of hydrogen-bond acceptors (Lipinski definition) is 6. The quantitative estimate of drug-likeness (QED) is 0.571. The number of hydrogen-bond donors (Lipinski definition) is 2. The molecule has 0 aromatic carbocycles. The Bertz CT molecular complexity index is 368. The standard InChI is InChI=1S/C9H18N2O5S/c1-3-16-7-4-6(10)9(7)11-17(13,14)5-8(12)15-2/h6-7,9,11H,3-5,10H2,1-2H3. The summed E-state index contributed by atoms with van der Waals surface area (Å²) in [6.07, 6.45) is 0.390. The second-order valence-corrected chi connectivity index (χ2v) is 5.63. The van der Waals surface area contributed by atoms with Crippen LogP contribution in [0.25, 0.3) is 0 Å². The summed E-state index contributed by atoms with van der Waals surface area (Å²) in [7, 11) is -2.59. The molecule has 7 nitrogen and oxygen atoms in total. The Hall–Kier alpha value is -0.700. The molecule has 3 atom stereocenters. The Morgan fingerprint density at radius 2 is 2.18 bits per heavy atom. The molecule has 0 heterocycles. The van der Waals surface area contributed by atoms with E-state index in [9.17, 15) is 13.2 Å². The zero-order valence-corrected chi connectivity index (χ0v) is 10.7. The molecule has 0 spiro atoms. The van der Waals surface area contributed by atoms with Crippen molar-refractivity contribution in [3.05, 3.63) is 0 Å². The molecule has 0 radical (unpaired) electrons. The van der Waals surface area contributed by atoms with Crippen LogP contribution in [0, 0.1) is 0 Å². The number of ether oxygens (including phenoxy) is 2. The summed E-state index contributed by atoms with van der Waals surface area (Å²) >= 11 is 0. The maximum atomic E-state index is 11.6. The highest BCUT2D eigenvalue weighted by Gasteiger charge is 2.42. The second-order valence-electron chi connectivity index (χ2n) is 3.87. The van der Waals surface area contributed by atoms with E-state index in [0.717, 1.165) is 7.11 Å². The number of methoxy groups -OCH3 is 1. The van der Waals surface area contributed by atoms with Crippen molar-refractivity contribution in [2.45, 2.75) is 31.5 Å². The third kappa shape index (κ3) is 3.91. The van der Waals surface area contributed by atoms with E-state index >= 15 is 0 Å². The monoisotopic (exact) mass is 266 g/mol. The first-order valence-electron chi connectivity index (χ1n) is 5.33. The fourth-order valence-electron chi connectivity index (χ4n) is 1.65. The first-order chi connectivity index (χ1) is 7.89. The molecular weight excluding hydrogens is 248 g/mol. The van der Waals surface area contributed by atoms with Crippen molar-refractivity contribution in [3.8, 4) is 0 Å². The fourth-order valence-corrected chi connectivity index (χ4v) is 2.91. The Balaban J connectivity index is 2.54. The molecule has 0 amide bonds. The van der Waals surface area contributed by atoms with E-state index in [2.05, 4.69) is 9.46 Å². The number of carbonyl (C=O) groups excluding carboxylic acids is 1. The van der Waals surface area contributed by atoms with Gasteiger partial charge in [-0.2, -0.15) is 0 Å². The van der Waals surface area contributed by atoms with Crippen LogP contribution in [0.4, 0.5) is 0 Å². The summed E-state index contributed by atoms with van der Waals surface area (Å²) in [4.78, 5) is 10.9. The zero-order chi connectivity index (χ0) is 13.1. The van der Waals surface area contributed by atoms with Gasteiger partial charge in [-0.05, 0) is 13.3 Å². The molecule has 8 heteroatoms. The Morgan fingerprint density at radius 1 is 1.53 bits per heavy atom. The molecule has 17 heavy (non-hydrogen) atoms. The van der Waals surface area contributed by atoms with Crippen LogP contribution < -0.4 is 10.5 Å². The molecule has 3 unspecified atom stereocenters. The molecule has 0 saturated heterocycles. The zero-order valence-electron chi connectivity index (χ0n) is 9.88. The van der Waals surface area contributed by atoms with E-state index < -0.39 is 27.8 Å². The van der Waals surface area contributed by atoms with E-state index in [1.165, 1.54) is 0 Å². The van der Waals surface area contributed by atoms with Crippen molar-refractivity contribution in [2.24, 2.45) is 5.73 Å². The minimum absolute atomic E-state index is 0.220. The predicted octanol–water partition coefficient (Wildman–Crippen LogP) is -1.42. The molecule has 1 rings (SSSR count). The van der Waals surface area contributed by atoms with Crippen LogP contribution in [0.15, 0.2) is 0 Å². The summed E-state index contributed by atoms with van der Waals surface area (Å²) in [5.74, 6) is -1.51. The van der Waals surface area contributed by atoms with Crippen LogP contribution in [0.5, 0.6) is 0 Å². The van der Waals surface area contributed by atoms with Crippen LogP contribution in [-0.4, -0.2) is 52.0 Å². The van der Waals surface area contributed by atoms with E-state index in [1.807, 2.05) is 6.92 Å². The van der Waals surface area contributed by atoms with Crippen LogP contribution in [0.1, 0.15) is 13.3 Å². The number of nitrogens with one attached hydrogen (secondary N) is 1. The van der Waals surface area contributed by atoms with Gasteiger partial charge < -0.3 is 15.2 Å². The van der Waals surface area contributed by atoms with Gasteiger partial charge in [0.1, 0.15) is 0 Å². The van der Waals surface area contributed by atoms with Gasteiger partial charge in [0.15, 0.2) is 5.75 Å². The first kappa shape index (κ1) is 14.4. The third-order valence-electron chi connectivity index (χ3n) is 2.60. The minimum atomic E-state index is -3.72. The third-order valence-corrected chi connectivity index (χ3v) is 3.85. The average molecular weight is 266 g/mol. The highest BCUT2D eigenvalue weighted by Crippen LogP contribution is 2.23. The van der Waals surface area contributed by atoms with Crippen molar-refractivity contribution >= 4 is 16.0 Å². The molecule has 1 fully saturated rings. The predicted molar refractivity (Wildman–Crippen MR) is 60.7 cm³/mol. The summed E-state index contributed by atoms with van der Waals surface area (Å²) in [6, 6.07) is -0.747. The molecule has 1 aliphatic rings. The van der Waals surface area contributed by atoms with Gasteiger partial charge >= 0.3 is 5.97 Å². The molecule has 3 N–H and O–H groups in total. The molecular formula is C9H18N2O5S. The summed E-state index contributed by atoms with van der Waals surface area (Å²) < 4.78 is 35.1. The number of nitrogens with two attached hydrogens (primary N) is 1. The van der Waals surface area contributed by atoms with Gasteiger partial charge in [-0.1, -0.05) is 0 Å². The van der Waals surface area contributed by atoms with Crippen molar-refractivity contribution in [2.75, 3.05) is 19.5 Å². The van der Waals surface area contributed by atoms with Crippen LogP contribution >= 0.6 is 0 Å². The summed E-state index contributed by atoms with van der Waals surface area (Å²) in [6.45, 7) is 2.32. The lowest BCUT2D eigenvalue weighted by Crippen LogP contribution is -2.65. The molecule has 0 aliphatic heterocycles. The van der Waals surface area contributed by atoms with Crippen LogP contribution in [-0.2, 0) is 24.3 Å². The molecule has 1 aliphatic carbocycles. The number of esters is 1. The van der Waals surface area contributed by atoms with E-state index in [4.69, 9.17) is 10.5 Å². The van der Waals surface area contributed by atoms with E-state index in [0.29, 0.717) is 13.0 Å². The first-order valence-corrected chi connectivity index (χ1v) is 6.99. The Kier molecular flexibility index (Phi) is 4.87. The van der Waals surface area contributed by atoms with E-state index in [1.54, 1.807) is 0 Å². The van der Waals surface area contributed by atoms with Gasteiger partial charge in [0, 0.05) is 12.6 Å². The van der Waals surface area contributed by atoms with Gasteiger partial charge in [0.2, 0.25) is 10.0 Å². The summed E-state index contributed by atoms with van der Waals surface area (Å²) in [5.41, 5.74) is 5.69. The SMILES string of the molecule is CCOC1CC(N)C1NS(=O)(=O)CC(=O)OC. The van der Waals surface area contributed by atoms with Gasteiger partial charge in [0.25, 0.3) is 0 Å². The van der Waals surface area contributed by atoms with E-state index in [-0.39, 0.29) is 12.1 Å². The van der Waals surface area contributed by atoms with Crippen molar-refractivity contribution in [3.63, 3.8) is 0 Å². The lowest BCUT2D eigenvalue weighted by atomic mass is 9.84. The highest BCUT2D eigenvalue weighted by molar-refractivity contribution is 7.90. The Morgan fingerprint density at radius 3 is 2.65 bits per heavy atom. The lowest BCUT2D eigenvalue weighted by molar-refractivity contribution is -0.137. The molecule has 1 saturated carbocycles. The number of rotatable bonds is 6. The average Bonchev–Trinajstić information content (AvgIpc) is 2.25. The minimum Gasteiger partial charge on any atom is -0.468 e. The maximum Gasteiger partial charge on any atom is 0.322 e. The fraction of sp³-hybridized carbons (Fsp3) is 0.889. The van der Waals surface area contributed by atoms with Gasteiger partial charge in [0.05, 0.1) is 19.3 Å². The molecule has 0 bridgehead atoms. The molecule has 100 valence electrons.